The van der Waals surface area contributed by atoms with Crippen molar-refractivity contribution in [3.05, 3.63) is 109 Å². The van der Waals surface area contributed by atoms with Crippen LogP contribution in [0.4, 0.5) is 0 Å². The van der Waals surface area contributed by atoms with Crippen LogP contribution < -0.4 is 0 Å². The summed E-state index contributed by atoms with van der Waals surface area (Å²) >= 11 is 0. The van der Waals surface area contributed by atoms with E-state index in [1.807, 2.05) is 6.08 Å². The Morgan fingerprint density at radius 2 is 0.519 bits per heavy atom. The Morgan fingerprint density at radius 1 is 0.266 bits per heavy atom. The highest BCUT2D eigenvalue weighted by Crippen LogP contribution is 2.17. The van der Waals surface area contributed by atoms with Crippen LogP contribution in [0.25, 0.3) is 0 Å². The van der Waals surface area contributed by atoms with Crippen molar-refractivity contribution in [1.82, 2.24) is 0 Å². The smallest absolute Gasteiger partial charge is 0.306 e. The lowest BCUT2D eigenvalue weighted by molar-refractivity contribution is -0.166. The maximum atomic E-state index is 12.9. The first-order chi connectivity index (χ1) is 39.0. The fraction of sp³-hybridized carbons (Fsp3) is 0.712. The molecule has 0 aliphatic heterocycles. The maximum Gasteiger partial charge on any atom is 0.306 e. The number of carbonyl (C=O) groups is 3. The third-order valence-electron chi connectivity index (χ3n) is 14.3. The van der Waals surface area contributed by atoms with Crippen LogP contribution in [0.1, 0.15) is 316 Å². The summed E-state index contributed by atoms with van der Waals surface area (Å²) < 4.78 is 16.9. The molecule has 0 aliphatic rings. The third kappa shape index (κ3) is 64.8. The van der Waals surface area contributed by atoms with Gasteiger partial charge < -0.3 is 14.2 Å². The van der Waals surface area contributed by atoms with Crippen molar-refractivity contribution in [3.8, 4) is 0 Å². The standard InChI is InChI=1S/C73H124O6/c1-4-7-10-13-16-19-22-25-27-29-31-33-35-36-38-39-41-43-45-48-51-54-57-60-63-66-72(75)78-69-70(68-77-71(74)65-62-59-56-53-50-47-24-21-18-15-12-9-6-3)79-73(76)67-64-61-58-55-52-49-46-44-42-40-37-34-32-30-28-26-23-20-17-14-11-8-5-2/h7,9-10,12,16,18-19,21,25,27,30-33,47,50,56,59,70H,4-6,8,11,13-15,17,20,22-24,26,28-29,34-46,48-49,51-55,57-58,60-69H2,1-3H3/b10-7-,12-9-,19-16-,21-18-,27-25-,32-30-,33-31-,50-47-,59-56-. The predicted octanol–water partition coefficient (Wildman–Crippen LogP) is 23.0. The highest BCUT2D eigenvalue weighted by molar-refractivity contribution is 5.71. The summed E-state index contributed by atoms with van der Waals surface area (Å²) in [5.41, 5.74) is 0. The minimum absolute atomic E-state index is 0.101. The molecule has 0 fully saturated rings. The Hall–Kier alpha value is -3.93. The van der Waals surface area contributed by atoms with Gasteiger partial charge >= 0.3 is 17.9 Å². The van der Waals surface area contributed by atoms with E-state index in [1.165, 1.54) is 180 Å². The Balaban J connectivity index is 4.33. The van der Waals surface area contributed by atoms with Gasteiger partial charge in [0.1, 0.15) is 13.2 Å². The fourth-order valence-electron chi connectivity index (χ4n) is 9.33. The van der Waals surface area contributed by atoms with E-state index in [9.17, 15) is 14.4 Å². The second-order valence-electron chi connectivity index (χ2n) is 22.0. The Morgan fingerprint density at radius 3 is 0.861 bits per heavy atom. The van der Waals surface area contributed by atoms with E-state index in [1.54, 1.807) is 0 Å². The summed E-state index contributed by atoms with van der Waals surface area (Å²) in [4.78, 5) is 38.3. The normalized spacial score (nSPS) is 12.8. The van der Waals surface area contributed by atoms with Crippen LogP contribution >= 0.6 is 0 Å². The van der Waals surface area contributed by atoms with Crippen LogP contribution in [-0.2, 0) is 28.6 Å². The van der Waals surface area contributed by atoms with Crippen LogP contribution in [0.2, 0.25) is 0 Å². The Labute approximate surface area is 489 Å². The van der Waals surface area contributed by atoms with E-state index < -0.39 is 6.10 Å². The quantitative estimate of drug-likeness (QED) is 0.0261. The van der Waals surface area contributed by atoms with Crippen molar-refractivity contribution in [2.24, 2.45) is 0 Å². The summed E-state index contributed by atoms with van der Waals surface area (Å²) in [5, 5.41) is 0. The number of unbranched alkanes of at least 4 members (excludes halogenated alkanes) is 31. The number of hydrogen-bond acceptors (Lipinski definition) is 6. The minimum Gasteiger partial charge on any atom is -0.462 e. The molecule has 0 bridgehead atoms. The van der Waals surface area contributed by atoms with E-state index in [-0.39, 0.29) is 37.5 Å². The van der Waals surface area contributed by atoms with Crippen molar-refractivity contribution in [1.29, 1.82) is 0 Å². The van der Waals surface area contributed by atoms with E-state index in [2.05, 4.69) is 124 Å². The third-order valence-corrected chi connectivity index (χ3v) is 14.3. The molecule has 452 valence electrons. The van der Waals surface area contributed by atoms with Crippen molar-refractivity contribution in [2.75, 3.05) is 13.2 Å². The largest absolute Gasteiger partial charge is 0.462 e. The van der Waals surface area contributed by atoms with Crippen molar-refractivity contribution in [3.63, 3.8) is 0 Å². The van der Waals surface area contributed by atoms with Gasteiger partial charge in [-0.3, -0.25) is 14.4 Å². The lowest BCUT2D eigenvalue weighted by atomic mass is 10.0. The highest BCUT2D eigenvalue weighted by atomic mass is 16.6. The van der Waals surface area contributed by atoms with Crippen molar-refractivity contribution in [2.45, 2.75) is 322 Å². The topological polar surface area (TPSA) is 78.9 Å². The lowest BCUT2D eigenvalue weighted by Gasteiger charge is -2.18. The van der Waals surface area contributed by atoms with E-state index >= 15 is 0 Å². The number of esters is 3. The zero-order chi connectivity index (χ0) is 57.1. The van der Waals surface area contributed by atoms with Crippen LogP contribution in [0, 0.1) is 0 Å². The molecule has 0 aromatic carbocycles. The van der Waals surface area contributed by atoms with Gasteiger partial charge in [0.15, 0.2) is 6.10 Å². The van der Waals surface area contributed by atoms with Crippen LogP contribution in [0.15, 0.2) is 109 Å². The van der Waals surface area contributed by atoms with Crippen molar-refractivity contribution >= 4 is 17.9 Å². The molecular weight excluding hydrogens is 973 g/mol. The number of rotatable bonds is 60. The molecule has 0 aromatic heterocycles. The van der Waals surface area contributed by atoms with E-state index in [0.29, 0.717) is 19.3 Å². The first kappa shape index (κ1) is 75.1. The monoisotopic (exact) mass is 1100 g/mol. The average molecular weight is 1100 g/mol. The molecule has 6 heteroatoms. The van der Waals surface area contributed by atoms with Crippen LogP contribution in [-0.4, -0.2) is 37.2 Å². The number of hydrogen-bond donors (Lipinski definition) is 0. The average Bonchev–Trinajstić information content (AvgIpc) is 3.45. The van der Waals surface area contributed by atoms with Crippen molar-refractivity contribution < 1.29 is 28.6 Å². The molecule has 0 heterocycles. The summed E-state index contributed by atoms with van der Waals surface area (Å²) in [6.07, 6.45) is 91.2. The molecule has 0 saturated carbocycles. The summed E-state index contributed by atoms with van der Waals surface area (Å²) in [6, 6.07) is 0. The molecular formula is C73H124O6. The zero-order valence-electron chi connectivity index (χ0n) is 51.9. The number of ether oxygens (including phenoxy) is 3. The molecule has 0 saturated heterocycles. The molecule has 1 unspecified atom stereocenters. The van der Waals surface area contributed by atoms with Crippen LogP contribution in [0.3, 0.4) is 0 Å². The molecule has 6 nitrogen and oxygen atoms in total. The van der Waals surface area contributed by atoms with Gasteiger partial charge in [-0.15, -0.1) is 0 Å². The lowest BCUT2D eigenvalue weighted by Crippen LogP contribution is -2.30. The highest BCUT2D eigenvalue weighted by Gasteiger charge is 2.19. The van der Waals surface area contributed by atoms with Gasteiger partial charge in [0.05, 0.1) is 0 Å². The number of allylic oxidation sites excluding steroid dienone is 18. The van der Waals surface area contributed by atoms with Gasteiger partial charge in [0.2, 0.25) is 0 Å². The molecule has 0 N–H and O–H groups in total. The zero-order valence-corrected chi connectivity index (χ0v) is 51.9. The summed E-state index contributed by atoms with van der Waals surface area (Å²) in [6.45, 7) is 6.38. The molecule has 0 aliphatic carbocycles. The fourth-order valence-corrected chi connectivity index (χ4v) is 9.33. The SMILES string of the molecule is CC/C=C\C/C=C\C/C=C\C/C=C\CCCCCCCCCCCCCCC(=O)OCC(COC(=O)CC/C=C\C/C=C\C/C=C\C/C=C\CC)OC(=O)CCCCCCCCCCCCC/C=C\CCCCCCCCCC. The summed E-state index contributed by atoms with van der Waals surface area (Å²) in [7, 11) is 0. The second kappa shape index (κ2) is 66.6. The van der Waals surface area contributed by atoms with Gasteiger partial charge in [-0.25, -0.2) is 0 Å². The van der Waals surface area contributed by atoms with E-state index in [0.717, 1.165) is 89.9 Å². The molecule has 0 amide bonds. The van der Waals surface area contributed by atoms with Gasteiger partial charge in [-0.2, -0.15) is 0 Å². The van der Waals surface area contributed by atoms with Gasteiger partial charge in [-0.1, -0.05) is 297 Å². The maximum absolute atomic E-state index is 12.9. The molecule has 0 rings (SSSR count). The molecule has 1 atom stereocenters. The van der Waals surface area contributed by atoms with Gasteiger partial charge in [-0.05, 0) is 109 Å². The predicted molar refractivity (Wildman–Crippen MR) is 343 cm³/mol. The first-order valence-corrected chi connectivity index (χ1v) is 33.4. The van der Waals surface area contributed by atoms with Gasteiger partial charge in [0.25, 0.3) is 0 Å². The molecule has 0 spiro atoms. The second-order valence-corrected chi connectivity index (χ2v) is 22.0. The number of carbonyl (C=O) groups excluding carboxylic acids is 3. The van der Waals surface area contributed by atoms with E-state index in [4.69, 9.17) is 14.2 Å². The first-order valence-electron chi connectivity index (χ1n) is 33.4. The van der Waals surface area contributed by atoms with Gasteiger partial charge in [0, 0.05) is 19.3 Å². The Kier molecular flexibility index (Phi) is 63.3. The molecule has 79 heavy (non-hydrogen) atoms. The molecule has 0 aromatic rings. The Bertz CT molecular complexity index is 1590. The summed E-state index contributed by atoms with van der Waals surface area (Å²) in [5.74, 6) is -0.979. The minimum atomic E-state index is -0.810. The van der Waals surface area contributed by atoms with Crippen LogP contribution in [0.5, 0.6) is 0 Å². The molecule has 0 radical (unpaired) electrons.